The predicted octanol–water partition coefficient (Wildman–Crippen LogP) is 6.73. The average Bonchev–Trinajstić information content (AvgIpc) is 3.40. The summed E-state index contributed by atoms with van der Waals surface area (Å²) in [4.78, 5) is 4.79. The molecule has 0 unspecified atom stereocenters. The van der Waals surface area contributed by atoms with Gasteiger partial charge in [-0.1, -0.05) is 59.3 Å². The van der Waals surface area contributed by atoms with E-state index < -0.39 is 0 Å². The molecule has 0 aliphatic heterocycles. The molecule has 0 fully saturated rings. The van der Waals surface area contributed by atoms with Gasteiger partial charge in [-0.25, -0.2) is 4.98 Å². The van der Waals surface area contributed by atoms with Crippen LogP contribution in [0.25, 0.3) is 10.6 Å². The van der Waals surface area contributed by atoms with Gasteiger partial charge in [-0.2, -0.15) is 0 Å². The molecule has 4 rings (SSSR count). The van der Waals surface area contributed by atoms with Gasteiger partial charge in [-0.05, 0) is 37.6 Å². The fraction of sp³-hybridized carbons (Fsp3) is 0.208. The van der Waals surface area contributed by atoms with Crippen LogP contribution in [0.4, 0.5) is 0 Å². The molecule has 2 aromatic carbocycles. The second-order valence-electron chi connectivity index (χ2n) is 7.32. The Bertz CT molecular complexity index is 1230. The van der Waals surface area contributed by atoms with Gasteiger partial charge in [0.25, 0.3) is 0 Å². The molecule has 0 spiro atoms. The third kappa shape index (κ3) is 5.41. The summed E-state index contributed by atoms with van der Waals surface area (Å²) >= 11 is 9.51. The van der Waals surface area contributed by atoms with E-state index in [9.17, 15) is 0 Å². The second kappa shape index (κ2) is 10.3. The van der Waals surface area contributed by atoms with Crippen molar-refractivity contribution in [3.05, 3.63) is 88.2 Å². The molecule has 0 bridgehead atoms. The van der Waals surface area contributed by atoms with Crippen molar-refractivity contribution in [3.8, 4) is 16.3 Å². The highest BCUT2D eigenvalue weighted by atomic mass is 35.5. The number of hydrogen-bond acceptors (Lipinski definition) is 6. The van der Waals surface area contributed by atoms with Crippen LogP contribution in [0.3, 0.4) is 0 Å². The zero-order valence-electron chi connectivity index (χ0n) is 17.9. The summed E-state index contributed by atoms with van der Waals surface area (Å²) in [7, 11) is 0. The number of nitrogens with zero attached hydrogens (tertiary/aromatic N) is 4. The fourth-order valence-electron chi connectivity index (χ4n) is 3.13. The molecule has 0 radical (unpaired) electrons. The Hall–Kier alpha value is -2.61. The van der Waals surface area contributed by atoms with Crippen molar-refractivity contribution in [1.82, 2.24) is 19.7 Å². The highest BCUT2D eigenvalue weighted by molar-refractivity contribution is 7.98. The molecule has 0 atom stereocenters. The molecule has 5 nitrogen and oxygen atoms in total. The number of hydrogen-bond donors (Lipinski definition) is 0. The van der Waals surface area contributed by atoms with Gasteiger partial charge in [-0.3, -0.25) is 4.57 Å². The van der Waals surface area contributed by atoms with Crippen molar-refractivity contribution in [3.63, 3.8) is 0 Å². The first-order valence-electron chi connectivity index (χ1n) is 10.1. The first-order valence-corrected chi connectivity index (χ1v) is 12.3. The maximum atomic E-state index is 6.25. The Morgan fingerprint density at radius 3 is 2.81 bits per heavy atom. The summed E-state index contributed by atoms with van der Waals surface area (Å²) < 4.78 is 7.93. The van der Waals surface area contributed by atoms with E-state index in [0.29, 0.717) is 23.1 Å². The van der Waals surface area contributed by atoms with E-state index in [0.717, 1.165) is 32.8 Å². The average molecular weight is 483 g/mol. The van der Waals surface area contributed by atoms with Crippen molar-refractivity contribution >= 4 is 34.7 Å². The number of allylic oxidation sites excluding steroid dienone is 1. The molecule has 0 N–H and O–H groups in total. The van der Waals surface area contributed by atoms with Crippen molar-refractivity contribution in [2.75, 3.05) is 0 Å². The zero-order valence-corrected chi connectivity index (χ0v) is 20.3. The fourth-order valence-corrected chi connectivity index (χ4v) is 5.08. The van der Waals surface area contributed by atoms with Gasteiger partial charge >= 0.3 is 0 Å². The van der Waals surface area contributed by atoms with E-state index in [2.05, 4.69) is 53.3 Å². The van der Waals surface area contributed by atoms with Crippen LogP contribution in [0.2, 0.25) is 5.02 Å². The molecule has 2 aromatic heterocycles. The quantitative estimate of drug-likeness (QED) is 0.195. The van der Waals surface area contributed by atoms with Gasteiger partial charge in [0.1, 0.15) is 17.4 Å². The zero-order chi connectivity index (χ0) is 22.5. The number of aromatic nitrogens is 4. The lowest BCUT2D eigenvalue weighted by atomic mass is 10.1. The van der Waals surface area contributed by atoms with Gasteiger partial charge in [-0.15, -0.1) is 28.1 Å². The number of rotatable bonds is 9. The Kier molecular flexibility index (Phi) is 7.29. The second-order valence-corrected chi connectivity index (χ2v) is 9.53. The SMILES string of the molecule is C=CCn1c(COc2cc(C)ccc2Cl)nnc1SCc1csc(-c2cccc(C)c2)n1. The lowest BCUT2D eigenvalue weighted by Gasteiger charge is -2.10. The molecule has 2 heterocycles. The molecule has 32 heavy (non-hydrogen) atoms. The van der Waals surface area contributed by atoms with Crippen LogP contribution in [-0.2, 0) is 18.9 Å². The van der Waals surface area contributed by atoms with Gasteiger partial charge in [0.15, 0.2) is 11.0 Å². The summed E-state index contributed by atoms with van der Waals surface area (Å²) in [6.07, 6.45) is 1.83. The monoisotopic (exact) mass is 482 g/mol. The topological polar surface area (TPSA) is 52.8 Å². The third-order valence-electron chi connectivity index (χ3n) is 4.71. The summed E-state index contributed by atoms with van der Waals surface area (Å²) in [5.74, 6) is 2.08. The number of thioether (sulfide) groups is 1. The summed E-state index contributed by atoms with van der Waals surface area (Å²) in [6, 6.07) is 14.1. The molecule has 0 aliphatic rings. The summed E-state index contributed by atoms with van der Waals surface area (Å²) in [6.45, 7) is 8.83. The standard InChI is InChI=1S/C24H23ClN4OS2/c1-4-10-29-22(13-30-21-12-17(3)8-9-20(21)25)27-28-24(29)32-15-19-14-31-23(26-19)18-7-5-6-16(2)11-18/h4-9,11-12,14H,1,10,13,15H2,2-3H3. The van der Waals surface area contributed by atoms with Crippen LogP contribution in [0.1, 0.15) is 22.6 Å². The molecule has 0 saturated carbocycles. The van der Waals surface area contributed by atoms with Crippen LogP contribution in [-0.4, -0.2) is 19.7 Å². The molecule has 0 amide bonds. The van der Waals surface area contributed by atoms with E-state index in [-0.39, 0.29) is 6.61 Å². The van der Waals surface area contributed by atoms with Gasteiger partial charge in [0.2, 0.25) is 0 Å². The van der Waals surface area contributed by atoms with Gasteiger partial charge in [0.05, 0.1) is 10.7 Å². The first kappa shape index (κ1) is 22.6. The van der Waals surface area contributed by atoms with Crippen LogP contribution in [0.5, 0.6) is 5.75 Å². The van der Waals surface area contributed by atoms with Crippen molar-refractivity contribution in [1.29, 1.82) is 0 Å². The van der Waals surface area contributed by atoms with Crippen molar-refractivity contribution in [2.45, 2.75) is 37.9 Å². The molecule has 4 aromatic rings. The largest absolute Gasteiger partial charge is 0.484 e. The highest BCUT2D eigenvalue weighted by Gasteiger charge is 2.14. The smallest absolute Gasteiger partial charge is 0.191 e. The number of halogens is 1. The molecule has 0 saturated heterocycles. The minimum Gasteiger partial charge on any atom is -0.484 e. The third-order valence-corrected chi connectivity index (χ3v) is 6.97. The van der Waals surface area contributed by atoms with Crippen LogP contribution >= 0.6 is 34.7 Å². The maximum Gasteiger partial charge on any atom is 0.191 e. The van der Waals surface area contributed by atoms with Gasteiger partial charge < -0.3 is 4.74 Å². The summed E-state index contributed by atoms with van der Waals surface area (Å²) in [5, 5.41) is 13.2. The lowest BCUT2D eigenvalue weighted by Crippen LogP contribution is -2.07. The molecular weight excluding hydrogens is 460 g/mol. The highest BCUT2D eigenvalue weighted by Crippen LogP contribution is 2.29. The minimum atomic E-state index is 0.277. The van der Waals surface area contributed by atoms with E-state index in [1.54, 1.807) is 23.1 Å². The minimum absolute atomic E-state index is 0.277. The number of ether oxygens (including phenoxy) is 1. The Balaban J connectivity index is 1.44. The van der Waals surface area contributed by atoms with E-state index in [4.69, 9.17) is 21.3 Å². The number of benzene rings is 2. The Labute approximate surface area is 201 Å². The molecule has 164 valence electrons. The van der Waals surface area contributed by atoms with E-state index >= 15 is 0 Å². The number of aryl methyl sites for hydroxylation is 2. The number of thiazole rings is 1. The molecule has 8 heteroatoms. The van der Waals surface area contributed by atoms with Crippen molar-refractivity contribution in [2.24, 2.45) is 0 Å². The van der Waals surface area contributed by atoms with Crippen LogP contribution in [0.15, 0.2) is 65.7 Å². The van der Waals surface area contributed by atoms with E-state index in [1.807, 2.05) is 35.8 Å². The molecule has 0 aliphatic carbocycles. The van der Waals surface area contributed by atoms with Crippen LogP contribution in [0, 0.1) is 13.8 Å². The Morgan fingerprint density at radius 1 is 1.16 bits per heavy atom. The lowest BCUT2D eigenvalue weighted by molar-refractivity contribution is 0.289. The van der Waals surface area contributed by atoms with Crippen molar-refractivity contribution < 1.29 is 4.74 Å². The van der Waals surface area contributed by atoms with Gasteiger partial charge in [0, 0.05) is 23.2 Å². The summed E-state index contributed by atoms with van der Waals surface area (Å²) in [5.41, 5.74) is 4.48. The predicted molar refractivity (Wildman–Crippen MR) is 133 cm³/mol. The van der Waals surface area contributed by atoms with Crippen LogP contribution < -0.4 is 4.74 Å². The molecular formula is C24H23ClN4OS2. The van der Waals surface area contributed by atoms with E-state index in [1.165, 1.54) is 5.56 Å². The maximum absolute atomic E-state index is 6.25. The normalized spacial score (nSPS) is 11.0. The Morgan fingerprint density at radius 2 is 2.00 bits per heavy atom. The first-order chi connectivity index (χ1) is 15.5.